The average Bonchev–Trinajstić information content (AvgIpc) is 2.90. The van der Waals surface area contributed by atoms with Crippen LogP contribution in [0.5, 0.6) is 0 Å². The highest BCUT2D eigenvalue weighted by Gasteiger charge is 2.30. The summed E-state index contributed by atoms with van der Waals surface area (Å²) in [7, 11) is 0. The first-order valence-corrected chi connectivity index (χ1v) is 9.20. The van der Waals surface area contributed by atoms with Gasteiger partial charge in [-0.25, -0.2) is 4.79 Å². The molecule has 2 aliphatic carbocycles. The molecule has 0 fully saturated rings. The minimum atomic E-state index is -0.302. The molecule has 0 unspecified atom stereocenters. The van der Waals surface area contributed by atoms with Crippen LogP contribution in [0.2, 0.25) is 0 Å². The Hall–Kier alpha value is -2.16. The molecule has 0 amide bonds. The molecule has 0 saturated heterocycles. The lowest BCUT2D eigenvalue weighted by atomic mass is 9.79. The summed E-state index contributed by atoms with van der Waals surface area (Å²) >= 11 is 0. The van der Waals surface area contributed by atoms with Crippen molar-refractivity contribution in [2.45, 2.75) is 58.8 Å². The van der Waals surface area contributed by atoms with Gasteiger partial charge in [0.15, 0.2) is 5.78 Å². The zero-order valence-electron chi connectivity index (χ0n) is 15.4. The highest BCUT2D eigenvalue weighted by atomic mass is 16.5. The first kappa shape index (κ1) is 17.7. The van der Waals surface area contributed by atoms with Crippen LogP contribution in [-0.2, 0) is 20.7 Å². The fraction of sp³-hybridized carbons (Fsp3) is 0.455. The molecule has 0 aromatic heterocycles. The normalized spacial score (nSPS) is 19.9. The molecule has 0 spiro atoms. The van der Waals surface area contributed by atoms with Crippen molar-refractivity contribution in [2.24, 2.45) is 0 Å². The molecule has 1 aromatic carbocycles. The molecule has 3 rings (SSSR count). The van der Waals surface area contributed by atoms with E-state index in [0.29, 0.717) is 30.9 Å². The maximum absolute atomic E-state index is 13.0. The van der Waals surface area contributed by atoms with E-state index in [-0.39, 0.29) is 11.8 Å². The predicted octanol–water partition coefficient (Wildman–Crippen LogP) is 4.67. The van der Waals surface area contributed by atoms with Crippen LogP contribution in [0.25, 0.3) is 0 Å². The van der Waals surface area contributed by atoms with Crippen molar-refractivity contribution in [3.63, 3.8) is 0 Å². The van der Waals surface area contributed by atoms with Gasteiger partial charge in [-0.3, -0.25) is 4.79 Å². The van der Waals surface area contributed by atoms with Gasteiger partial charge in [-0.2, -0.15) is 0 Å². The van der Waals surface area contributed by atoms with E-state index in [4.69, 9.17) is 4.74 Å². The lowest BCUT2D eigenvalue weighted by molar-refractivity contribution is -0.138. The Morgan fingerprint density at radius 2 is 1.96 bits per heavy atom. The molecular weight excluding hydrogens is 312 g/mol. The third kappa shape index (κ3) is 3.46. The van der Waals surface area contributed by atoms with Gasteiger partial charge < -0.3 is 4.74 Å². The van der Waals surface area contributed by atoms with Crippen LogP contribution >= 0.6 is 0 Å². The number of rotatable bonds is 5. The number of allylic oxidation sites excluding steroid dienone is 2. The van der Waals surface area contributed by atoms with Gasteiger partial charge in [0.05, 0.1) is 12.2 Å². The second kappa shape index (κ2) is 7.38. The first-order chi connectivity index (χ1) is 12.0. The molecule has 3 nitrogen and oxygen atoms in total. The van der Waals surface area contributed by atoms with E-state index in [1.165, 1.54) is 11.1 Å². The van der Waals surface area contributed by atoms with Gasteiger partial charge in [0.1, 0.15) is 0 Å². The van der Waals surface area contributed by atoms with Gasteiger partial charge in [0.25, 0.3) is 0 Å². The SMILES string of the molecule is CCOC(=O)C1=C(C)CC(C(=O)C[C@@H]2CCCc3ccccc32)=C1C. The zero-order chi connectivity index (χ0) is 18.0. The van der Waals surface area contributed by atoms with Crippen LogP contribution in [0.4, 0.5) is 0 Å². The molecule has 0 saturated carbocycles. The number of esters is 1. The van der Waals surface area contributed by atoms with E-state index in [9.17, 15) is 9.59 Å². The number of hydrogen-bond donors (Lipinski definition) is 0. The van der Waals surface area contributed by atoms with E-state index >= 15 is 0 Å². The second-order valence-corrected chi connectivity index (χ2v) is 7.07. The van der Waals surface area contributed by atoms with Crippen LogP contribution in [0.15, 0.2) is 46.6 Å². The van der Waals surface area contributed by atoms with Gasteiger partial charge in [-0.05, 0) is 69.1 Å². The smallest absolute Gasteiger partial charge is 0.338 e. The van der Waals surface area contributed by atoms with Crippen LogP contribution in [0.3, 0.4) is 0 Å². The Morgan fingerprint density at radius 3 is 2.72 bits per heavy atom. The van der Waals surface area contributed by atoms with E-state index < -0.39 is 0 Å². The number of hydrogen-bond acceptors (Lipinski definition) is 3. The third-order valence-corrected chi connectivity index (χ3v) is 5.44. The monoisotopic (exact) mass is 338 g/mol. The molecule has 0 bridgehead atoms. The molecule has 3 heteroatoms. The molecule has 25 heavy (non-hydrogen) atoms. The van der Waals surface area contributed by atoms with E-state index in [0.717, 1.165) is 36.0 Å². The summed E-state index contributed by atoms with van der Waals surface area (Å²) in [6, 6.07) is 8.48. The van der Waals surface area contributed by atoms with Crippen molar-refractivity contribution in [3.05, 3.63) is 57.7 Å². The largest absolute Gasteiger partial charge is 0.462 e. The highest BCUT2D eigenvalue weighted by molar-refractivity contribution is 6.04. The number of ketones is 1. The Bertz CT molecular complexity index is 767. The lowest BCUT2D eigenvalue weighted by Crippen LogP contribution is -2.15. The van der Waals surface area contributed by atoms with Crippen molar-refractivity contribution in [2.75, 3.05) is 6.61 Å². The van der Waals surface area contributed by atoms with Gasteiger partial charge in [-0.15, -0.1) is 0 Å². The van der Waals surface area contributed by atoms with Crippen LogP contribution in [-0.4, -0.2) is 18.4 Å². The van der Waals surface area contributed by atoms with Gasteiger partial charge in [0, 0.05) is 12.0 Å². The summed E-state index contributed by atoms with van der Waals surface area (Å²) in [6.07, 6.45) is 4.42. The van der Waals surface area contributed by atoms with Gasteiger partial charge in [0.2, 0.25) is 0 Å². The summed E-state index contributed by atoms with van der Waals surface area (Å²) < 4.78 is 5.15. The number of aryl methyl sites for hydroxylation is 1. The molecule has 2 aliphatic rings. The van der Waals surface area contributed by atoms with Crippen molar-refractivity contribution in [1.82, 2.24) is 0 Å². The maximum Gasteiger partial charge on any atom is 0.338 e. The first-order valence-electron chi connectivity index (χ1n) is 9.20. The topological polar surface area (TPSA) is 43.4 Å². The van der Waals surface area contributed by atoms with Crippen LogP contribution < -0.4 is 0 Å². The molecule has 0 heterocycles. The summed E-state index contributed by atoms with van der Waals surface area (Å²) in [4.78, 5) is 25.1. The van der Waals surface area contributed by atoms with Gasteiger partial charge in [-0.1, -0.05) is 29.8 Å². The summed E-state index contributed by atoms with van der Waals surface area (Å²) in [5, 5.41) is 0. The van der Waals surface area contributed by atoms with Gasteiger partial charge >= 0.3 is 5.97 Å². The lowest BCUT2D eigenvalue weighted by Gasteiger charge is -2.25. The fourth-order valence-corrected chi connectivity index (χ4v) is 4.21. The van der Waals surface area contributed by atoms with E-state index in [2.05, 4.69) is 24.3 Å². The van der Waals surface area contributed by atoms with E-state index in [1.807, 2.05) is 13.8 Å². The van der Waals surface area contributed by atoms with Crippen molar-refractivity contribution < 1.29 is 14.3 Å². The Morgan fingerprint density at radius 1 is 1.20 bits per heavy atom. The molecule has 0 N–H and O–H groups in total. The standard InChI is InChI=1S/C22H26O3/c1-4-25-22(24)21-14(2)12-19(15(21)3)20(23)13-17-10-7-9-16-8-5-6-11-18(16)17/h5-6,8,11,17H,4,7,9-10,12-13H2,1-3H3/t17-/m0/s1. The quantitative estimate of drug-likeness (QED) is 0.733. The molecule has 1 atom stereocenters. The number of carbonyl (C=O) groups is 2. The summed E-state index contributed by atoms with van der Waals surface area (Å²) in [6.45, 7) is 5.95. The number of ether oxygens (including phenoxy) is 1. The van der Waals surface area contributed by atoms with Crippen LogP contribution in [0.1, 0.15) is 63.5 Å². The Labute approximate surface area is 149 Å². The minimum Gasteiger partial charge on any atom is -0.462 e. The molecule has 0 radical (unpaired) electrons. The maximum atomic E-state index is 13.0. The zero-order valence-corrected chi connectivity index (χ0v) is 15.4. The highest BCUT2D eigenvalue weighted by Crippen LogP contribution is 2.38. The molecule has 132 valence electrons. The van der Waals surface area contributed by atoms with Crippen molar-refractivity contribution in [3.8, 4) is 0 Å². The average molecular weight is 338 g/mol. The Balaban J connectivity index is 1.78. The molecular formula is C22H26O3. The van der Waals surface area contributed by atoms with Crippen molar-refractivity contribution >= 4 is 11.8 Å². The summed E-state index contributed by atoms with van der Waals surface area (Å²) in [5.74, 6) is 0.172. The predicted molar refractivity (Wildman–Crippen MR) is 98.4 cm³/mol. The molecule has 1 aromatic rings. The second-order valence-electron chi connectivity index (χ2n) is 7.07. The Kier molecular flexibility index (Phi) is 5.22. The molecule has 0 aliphatic heterocycles. The third-order valence-electron chi connectivity index (χ3n) is 5.44. The number of carbonyl (C=O) groups excluding carboxylic acids is 2. The van der Waals surface area contributed by atoms with E-state index in [1.54, 1.807) is 6.92 Å². The summed E-state index contributed by atoms with van der Waals surface area (Å²) in [5.41, 5.74) is 5.87. The minimum absolute atomic E-state index is 0.179. The van der Waals surface area contributed by atoms with Crippen LogP contribution in [0, 0.1) is 0 Å². The number of fused-ring (bicyclic) bond motifs is 1. The number of Topliss-reactive ketones (excluding diaryl/α,β-unsaturated/α-hetero) is 1. The van der Waals surface area contributed by atoms with Crippen molar-refractivity contribution in [1.29, 1.82) is 0 Å². The fourth-order valence-electron chi connectivity index (χ4n) is 4.21. The number of benzene rings is 1.